The van der Waals surface area contributed by atoms with Gasteiger partial charge < -0.3 is 9.30 Å². The minimum atomic E-state index is 0.892. The zero-order chi connectivity index (χ0) is 11.7. The number of fused-ring (bicyclic) bond motifs is 3. The molecule has 1 aliphatic heterocycles. The third-order valence-corrected chi connectivity index (χ3v) is 3.57. The molecule has 0 fully saturated rings. The van der Waals surface area contributed by atoms with Crippen LogP contribution in [0.5, 0.6) is 5.75 Å². The highest BCUT2D eigenvalue weighted by Crippen LogP contribution is 2.24. The number of methoxy groups -OCH3 is 1. The van der Waals surface area contributed by atoms with Crippen LogP contribution in [0.25, 0.3) is 11.0 Å². The summed E-state index contributed by atoms with van der Waals surface area (Å²) in [5.74, 6) is 2.14. The molecule has 2 aromatic rings. The molecule has 0 unspecified atom stereocenters. The molecule has 3 rings (SSSR count). The Labute approximate surface area is 101 Å². The second-order valence-electron chi connectivity index (χ2n) is 4.70. The highest BCUT2D eigenvalue weighted by atomic mass is 16.5. The Bertz CT molecular complexity index is 530. The van der Waals surface area contributed by atoms with Crippen LogP contribution in [0.4, 0.5) is 0 Å². The Kier molecular flexibility index (Phi) is 2.75. The summed E-state index contributed by atoms with van der Waals surface area (Å²) in [6, 6.07) is 6.19. The molecule has 90 valence electrons. The van der Waals surface area contributed by atoms with Crippen molar-refractivity contribution in [1.29, 1.82) is 0 Å². The van der Waals surface area contributed by atoms with Crippen LogP contribution >= 0.6 is 0 Å². The first-order valence-electron chi connectivity index (χ1n) is 6.41. The summed E-state index contributed by atoms with van der Waals surface area (Å²) in [5, 5.41) is 0. The van der Waals surface area contributed by atoms with E-state index in [1.54, 1.807) is 7.11 Å². The maximum absolute atomic E-state index is 5.25. The third-order valence-electron chi connectivity index (χ3n) is 3.57. The molecule has 0 saturated heterocycles. The minimum Gasteiger partial charge on any atom is -0.497 e. The fourth-order valence-electron chi connectivity index (χ4n) is 2.63. The van der Waals surface area contributed by atoms with Crippen LogP contribution in [0.15, 0.2) is 18.2 Å². The summed E-state index contributed by atoms with van der Waals surface area (Å²) >= 11 is 0. The monoisotopic (exact) mass is 230 g/mol. The van der Waals surface area contributed by atoms with E-state index in [4.69, 9.17) is 9.72 Å². The molecule has 0 saturated carbocycles. The minimum absolute atomic E-state index is 0.892. The molecule has 1 aromatic heterocycles. The van der Waals surface area contributed by atoms with E-state index in [9.17, 15) is 0 Å². The van der Waals surface area contributed by atoms with Gasteiger partial charge in [-0.15, -0.1) is 0 Å². The molecular formula is C14H18N2O. The van der Waals surface area contributed by atoms with Gasteiger partial charge in [0.2, 0.25) is 0 Å². The van der Waals surface area contributed by atoms with Gasteiger partial charge in [0.15, 0.2) is 0 Å². The number of hydrogen-bond donors (Lipinski definition) is 0. The lowest BCUT2D eigenvalue weighted by atomic mass is 10.1. The van der Waals surface area contributed by atoms with E-state index in [1.165, 1.54) is 37.0 Å². The molecule has 3 heteroatoms. The molecule has 0 aliphatic carbocycles. The molecule has 0 atom stereocenters. The maximum atomic E-state index is 5.25. The molecule has 0 bridgehead atoms. The second-order valence-corrected chi connectivity index (χ2v) is 4.70. The average molecular weight is 230 g/mol. The summed E-state index contributed by atoms with van der Waals surface area (Å²) in [7, 11) is 1.70. The van der Waals surface area contributed by atoms with Crippen molar-refractivity contribution in [2.75, 3.05) is 7.11 Å². The van der Waals surface area contributed by atoms with E-state index in [-0.39, 0.29) is 0 Å². The normalized spacial score (nSPS) is 16.3. The number of hydrogen-bond acceptors (Lipinski definition) is 2. The number of benzene rings is 1. The van der Waals surface area contributed by atoms with Gasteiger partial charge in [0, 0.05) is 19.0 Å². The van der Waals surface area contributed by atoms with Crippen LogP contribution in [0.3, 0.4) is 0 Å². The van der Waals surface area contributed by atoms with E-state index in [0.717, 1.165) is 24.2 Å². The van der Waals surface area contributed by atoms with Crippen LogP contribution in [0.1, 0.15) is 31.5 Å². The van der Waals surface area contributed by atoms with E-state index >= 15 is 0 Å². The quantitative estimate of drug-likeness (QED) is 0.752. The predicted molar refractivity (Wildman–Crippen MR) is 68.5 cm³/mol. The molecule has 3 nitrogen and oxygen atoms in total. The van der Waals surface area contributed by atoms with E-state index in [2.05, 4.69) is 10.6 Å². The molecule has 0 radical (unpaired) electrons. The van der Waals surface area contributed by atoms with E-state index in [0.29, 0.717) is 0 Å². The van der Waals surface area contributed by atoms with Crippen molar-refractivity contribution < 1.29 is 4.74 Å². The molecule has 0 spiro atoms. The van der Waals surface area contributed by atoms with E-state index < -0.39 is 0 Å². The number of imidazole rings is 1. The maximum Gasteiger partial charge on any atom is 0.121 e. The Balaban J connectivity index is 2.11. The fourth-order valence-corrected chi connectivity index (χ4v) is 2.63. The van der Waals surface area contributed by atoms with Crippen molar-refractivity contribution in [3.63, 3.8) is 0 Å². The lowest BCUT2D eigenvalue weighted by molar-refractivity contribution is 0.415. The largest absolute Gasteiger partial charge is 0.497 e. The number of rotatable bonds is 1. The molecule has 1 aromatic carbocycles. The zero-order valence-electron chi connectivity index (χ0n) is 10.3. The molecule has 17 heavy (non-hydrogen) atoms. The number of aryl methyl sites for hydroxylation is 2. The van der Waals surface area contributed by atoms with Gasteiger partial charge in [0.05, 0.1) is 18.1 Å². The topological polar surface area (TPSA) is 27.1 Å². The standard InChI is InChI=1S/C14H18N2O/c1-17-11-7-8-13-12(10-11)15-14-6-4-2-3-5-9-16(13)14/h7-8,10H,2-6,9H2,1H3. The van der Waals surface area contributed by atoms with Gasteiger partial charge in [-0.1, -0.05) is 12.8 Å². The summed E-state index contributed by atoms with van der Waals surface area (Å²) in [5.41, 5.74) is 2.32. The summed E-state index contributed by atoms with van der Waals surface area (Å²) < 4.78 is 7.64. The van der Waals surface area contributed by atoms with Crippen molar-refractivity contribution in [1.82, 2.24) is 9.55 Å². The SMILES string of the molecule is COc1ccc2c(c1)nc1n2CCCCCC1. The predicted octanol–water partition coefficient (Wildman–Crippen LogP) is 3.16. The lowest BCUT2D eigenvalue weighted by Gasteiger charge is -2.12. The fraction of sp³-hybridized carbons (Fsp3) is 0.500. The average Bonchev–Trinajstić information content (AvgIpc) is 2.65. The molecule has 2 heterocycles. The summed E-state index contributed by atoms with van der Waals surface area (Å²) in [6.45, 7) is 1.11. The Hall–Kier alpha value is -1.51. The van der Waals surface area contributed by atoms with Crippen molar-refractivity contribution in [3.8, 4) is 5.75 Å². The third kappa shape index (κ3) is 1.90. The van der Waals surface area contributed by atoms with Crippen molar-refractivity contribution >= 4 is 11.0 Å². The Morgan fingerprint density at radius 3 is 2.94 bits per heavy atom. The van der Waals surface area contributed by atoms with Gasteiger partial charge >= 0.3 is 0 Å². The van der Waals surface area contributed by atoms with Crippen LogP contribution < -0.4 is 4.74 Å². The molecule has 0 amide bonds. The Morgan fingerprint density at radius 2 is 2.06 bits per heavy atom. The van der Waals surface area contributed by atoms with Crippen molar-refractivity contribution in [2.45, 2.75) is 38.6 Å². The van der Waals surface area contributed by atoms with Gasteiger partial charge in [-0.2, -0.15) is 0 Å². The first-order chi connectivity index (χ1) is 8.38. The highest BCUT2D eigenvalue weighted by molar-refractivity contribution is 5.77. The van der Waals surface area contributed by atoms with Gasteiger partial charge in [-0.05, 0) is 25.0 Å². The zero-order valence-corrected chi connectivity index (χ0v) is 10.3. The van der Waals surface area contributed by atoms with Crippen LogP contribution in [-0.4, -0.2) is 16.7 Å². The van der Waals surface area contributed by atoms with Crippen molar-refractivity contribution in [3.05, 3.63) is 24.0 Å². The van der Waals surface area contributed by atoms with Crippen LogP contribution in [-0.2, 0) is 13.0 Å². The lowest BCUT2D eigenvalue weighted by Crippen LogP contribution is -2.07. The highest BCUT2D eigenvalue weighted by Gasteiger charge is 2.12. The molecule has 0 N–H and O–H groups in total. The first kappa shape index (κ1) is 10.6. The van der Waals surface area contributed by atoms with Gasteiger partial charge in [-0.25, -0.2) is 4.98 Å². The number of ether oxygens (including phenoxy) is 1. The summed E-state index contributed by atoms with van der Waals surface area (Å²) in [6.07, 6.45) is 6.32. The number of aromatic nitrogens is 2. The first-order valence-corrected chi connectivity index (χ1v) is 6.41. The van der Waals surface area contributed by atoms with Crippen LogP contribution in [0.2, 0.25) is 0 Å². The number of nitrogens with zero attached hydrogens (tertiary/aromatic N) is 2. The summed E-state index contributed by atoms with van der Waals surface area (Å²) in [4.78, 5) is 4.75. The van der Waals surface area contributed by atoms with E-state index in [1.807, 2.05) is 12.1 Å². The molecule has 1 aliphatic rings. The van der Waals surface area contributed by atoms with Crippen molar-refractivity contribution in [2.24, 2.45) is 0 Å². The van der Waals surface area contributed by atoms with Gasteiger partial charge in [0.25, 0.3) is 0 Å². The van der Waals surface area contributed by atoms with Gasteiger partial charge in [-0.3, -0.25) is 0 Å². The second kappa shape index (κ2) is 4.40. The van der Waals surface area contributed by atoms with Gasteiger partial charge in [0.1, 0.15) is 11.6 Å². The Morgan fingerprint density at radius 1 is 1.18 bits per heavy atom. The smallest absolute Gasteiger partial charge is 0.121 e. The van der Waals surface area contributed by atoms with Crippen LogP contribution in [0, 0.1) is 0 Å². The molecular weight excluding hydrogens is 212 g/mol.